The second-order valence-corrected chi connectivity index (χ2v) is 9.08. The number of rotatable bonds is 6. The first kappa shape index (κ1) is 21.4. The van der Waals surface area contributed by atoms with Crippen molar-refractivity contribution in [1.82, 2.24) is 4.90 Å². The fourth-order valence-corrected chi connectivity index (χ4v) is 4.08. The highest BCUT2D eigenvalue weighted by Crippen LogP contribution is 2.29. The Morgan fingerprint density at radius 2 is 1.79 bits per heavy atom. The van der Waals surface area contributed by atoms with Crippen LogP contribution in [0.1, 0.15) is 64.9 Å². The van der Waals surface area contributed by atoms with Gasteiger partial charge < -0.3 is 9.47 Å². The number of ether oxygens (including phenoxy) is 2. The number of amides is 2. The number of imide groups is 1. The number of carbonyl (C=O) groups excluding carboxylic acids is 2. The number of hydrogen-bond acceptors (Lipinski definition) is 4. The first-order chi connectivity index (χ1) is 13.8. The Bertz CT molecular complexity index is 729. The molecule has 5 nitrogen and oxygen atoms in total. The van der Waals surface area contributed by atoms with Crippen LogP contribution in [0.2, 0.25) is 0 Å². The van der Waals surface area contributed by atoms with E-state index >= 15 is 0 Å². The van der Waals surface area contributed by atoms with Gasteiger partial charge in [-0.1, -0.05) is 62.4 Å². The van der Waals surface area contributed by atoms with E-state index < -0.39 is 17.7 Å². The number of nitrogens with zero attached hydrogens (tertiary/aromatic N) is 1. The molecule has 0 bridgehead atoms. The third-order valence-corrected chi connectivity index (χ3v) is 5.52. The summed E-state index contributed by atoms with van der Waals surface area (Å²) in [5, 5.41) is 0. The largest absolute Gasteiger partial charge is 0.495 e. The monoisotopic (exact) mass is 399 g/mol. The maximum atomic E-state index is 12.7. The average molecular weight is 400 g/mol. The molecular formula is C24H33NO4. The van der Waals surface area contributed by atoms with Crippen LogP contribution in [-0.4, -0.2) is 35.2 Å². The molecule has 1 aromatic rings. The lowest BCUT2D eigenvalue weighted by atomic mass is 9.87. The van der Waals surface area contributed by atoms with Crippen LogP contribution in [0.3, 0.4) is 0 Å². The Labute approximate surface area is 174 Å². The van der Waals surface area contributed by atoms with Crippen LogP contribution in [0.15, 0.2) is 42.2 Å². The third-order valence-electron chi connectivity index (χ3n) is 5.52. The van der Waals surface area contributed by atoms with Gasteiger partial charge in [0.1, 0.15) is 17.4 Å². The molecule has 1 aliphatic heterocycles. The van der Waals surface area contributed by atoms with Gasteiger partial charge in [-0.15, -0.1) is 0 Å². The molecule has 0 aromatic heterocycles. The van der Waals surface area contributed by atoms with Gasteiger partial charge in [-0.25, -0.2) is 9.69 Å². The Kier molecular flexibility index (Phi) is 6.99. The van der Waals surface area contributed by atoms with Gasteiger partial charge in [-0.05, 0) is 38.7 Å². The van der Waals surface area contributed by atoms with Gasteiger partial charge in [0, 0.05) is 12.5 Å². The minimum atomic E-state index is -0.667. The van der Waals surface area contributed by atoms with Gasteiger partial charge in [0.25, 0.3) is 5.91 Å². The van der Waals surface area contributed by atoms with E-state index in [9.17, 15) is 9.59 Å². The van der Waals surface area contributed by atoms with Gasteiger partial charge in [-0.3, -0.25) is 4.79 Å². The SMILES string of the molecule is CC(C)(C)OC(=O)N1C(=O)C=C(OCCC2CCCCC2)C1Cc1ccccc1. The zero-order chi connectivity index (χ0) is 20.9. The van der Waals surface area contributed by atoms with Crippen LogP contribution in [0.5, 0.6) is 0 Å². The van der Waals surface area contributed by atoms with Crippen LogP contribution >= 0.6 is 0 Å². The molecule has 158 valence electrons. The van der Waals surface area contributed by atoms with E-state index in [4.69, 9.17) is 9.47 Å². The number of hydrogen-bond donors (Lipinski definition) is 0. The van der Waals surface area contributed by atoms with Crippen molar-refractivity contribution in [2.45, 2.75) is 77.4 Å². The predicted molar refractivity (Wildman–Crippen MR) is 112 cm³/mol. The molecule has 1 atom stereocenters. The van der Waals surface area contributed by atoms with Gasteiger partial charge in [-0.2, -0.15) is 0 Å². The lowest BCUT2D eigenvalue weighted by Crippen LogP contribution is -2.44. The van der Waals surface area contributed by atoms with Gasteiger partial charge in [0.05, 0.1) is 6.61 Å². The van der Waals surface area contributed by atoms with E-state index in [-0.39, 0.29) is 5.91 Å². The summed E-state index contributed by atoms with van der Waals surface area (Å²) in [6.45, 7) is 5.98. The fourth-order valence-electron chi connectivity index (χ4n) is 4.08. The van der Waals surface area contributed by atoms with Crippen molar-refractivity contribution in [3.8, 4) is 0 Å². The van der Waals surface area contributed by atoms with Crippen LogP contribution in [0.25, 0.3) is 0 Å². The van der Waals surface area contributed by atoms with Crippen molar-refractivity contribution < 1.29 is 19.1 Å². The van der Waals surface area contributed by atoms with Crippen molar-refractivity contribution in [2.24, 2.45) is 5.92 Å². The van der Waals surface area contributed by atoms with Gasteiger partial charge >= 0.3 is 6.09 Å². The summed E-state index contributed by atoms with van der Waals surface area (Å²) < 4.78 is 11.5. The molecule has 29 heavy (non-hydrogen) atoms. The van der Waals surface area contributed by atoms with Crippen LogP contribution in [0.4, 0.5) is 4.79 Å². The minimum Gasteiger partial charge on any atom is -0.495 e. The topological polar surface area (TPSA) is 55.8 Å². The summed E-state index contributed by atoms with van der Waals surface area (Å²) in [6.07, 6.45) is 8.81. The van der Waals surface area contributed by atoms with E-state index in [1.54, 1.807) is 20.8 Å². The highest BCUT2D eigenvalue weighted by molar-refractivity contribution is 6.02. The summed E-state index contributed by atoms with van der Waals surface area (Å²) in [4.78, 5) is 26.6. The minimum absolute atomic E-state index is 0.368. The van der Waals surface area contributed by atoms with Crippen molar-refractivity contribution in [1.29, 1.82) is 0 Å². The fraction of sp³-hybridized carbons (Fsp3) is 0.583. The van der Waals surface area contributed by atoms with Crippen molar-refractivity contribution in [3.05, 3.63) is 47.7 Å². The Morgan fingerprint density at radius 3 is 2.45 bits per heavy atom. The zero-order valence-electron chi connectivity index (χ0n) is 17.9. The van der Waals surface area contributed by atoms with E-state index in [1.165, 1.54) is 43.1 Å². The first-order valence-corrected chi connectivity index (χ1v) is 10.8. The van der Waals surface area contributed by atoms with Gasteiger partial charge in [0.2, 0.25) is 0 Å². The molecule has 0 N–H and O–H groups in total. The normalized spacial score (nSPS) is 20.5. The summed E-state index contributed by atoms with van der Waals surface area (Å²) in [5.74, 6) is 0.907. The standard InChI is InChI=1S/C24H33NO4/c1-24(2,3)29-23(27)25-20(16-19-12-8-5-9-13-19)21(17-22(25)26)28-15-14-18-10-6-4-7-11-18/h5,8-9,12-13,17-18,20H,4,6-7,10-11,14-16H2,1-3H3. The molecule has 1 aromatic carbocycles. The van der Waals surface area contributed by atoms with E-state index in [2.05, 4.69) is 0 Å². The number of benzene rings is 1. The van der Waals surface area contributed by atoms with Crippen molar-refractivity contribution in [2.75, 3.05) is 6.61 Å². The summed E-state index contributed by atoms with van der Waals surface area (Å²) in [7, 11) is 0. The maximum Gasteiger partial charge on any atom is 0.418 e. The second kappa shape index (κ2) is 9.47. The molecule has 2 aliphatic rings. The van der Waals surface area contributed by atoms with Gasteiger partial charge in [0.15, 0.2) is 0 Å². The predicted octanol–water partition coefficient (Wildman–Crippen LogP) is 5.25. The molecule has 0 saturated heterocycles. The second-order valence-electron chi connectivity index (χ2n) is 9.08. The van der Waals surface area contributed by atoms with Crippen LogP contribution < -0.4 is 0 Å². The zero-order valence-corrected chi connectivity index (χ0v) is 17.9. The average Bonchev–Trinajstić information content (AvgIpc) is 2.97. The van der Waals surface area contributed by atoms with Crippen molar-refractivity contribution >= 4 is 12.0 Å². The van der Waals surface area contributed by atoms with E-state index in [0.29, 0.717) is 24.7 Å². The summed E-state index contributed by atoms with van der Waals surface area (Å²) in [6, 6.07) is 9.39. The molecule has 1 unspecified atom stereocenters. The smallest absolute Gasteiger partial charge is 0.418 e. The maximum absolute atomic E-state index is 12.7. The van der Waals surface area contributed by atoms with Crippen LogP contribution in [0, 0.1) is 5.92 Å². The quantitative estimate of drug-likeness (QED) is 0.656. The molecule has 5 heteroatoms. The Hall–Kier alpha value is -2.30. The molecular weight excluding hydrogens is 366 g/mol. The molecule has 3 rings (SSSR count). The lowest BCUT2D eigenvalue weighted by molar-refractivity contribution is -0.125. The highest BCUT2D eigenvalue weighted by atomic mass is 16.6. The highest BCUT2D eigenvalue weighted by Gasteiger charge is 2.41. The molecule has 1 saturated carbocycles. The molecule has 1 aliphatic carbocycles. The van der Waals surface area contributed by atoms with E-state index in [0.717, 1.165) is 12.0 Å². The molecule has 0 spiro atoms. The molecule has 2 amide bonds. The van der Waals surface area contributed by atoms with E-state index in [1.807, 2.05) is 30.3 Å². The van der Waals surface area contributed by atoms with Crippen LogP contribution in [-0.2, 0) is 20.7 Å². The summed E-state index contributed by atoms with van der Waals surface area (Å²) >= 11 is 0. The third kappa shape index (κ3) is 6.09. The van der Waals surface area contributed by atoms with Crippen molar-refractivity contribution in [3.63, 3.8) is 0 Å². The molecule has 1 heterocycles. The molecule has 1 fully saturated rings. The summed E-state index contributed by atoms with van der Waals surface area (Å²) in [5.41, 5.74) is 0.377. The number of carbonyl (C=O) groups is 2. The lowest BCUT2D eigenvalue weighted by Gasteiger charge is -2.29. The Balaban J connectivity index is 1.69. The molecule has 0 radical (unpaired) electrons. The Morgan fingerprint density at radius 1 is 1.10 bits per heavy atom. The first-order valence-electron chi connectivity index (χ1n) is 10.8.